The van der Waals surface area contributed by atoms with Crippen LogP contribution in [0.15, 0.2) is 30.7 Å². The molecule has 182 valence electrons. The normalized spacial score (nSPS) is 14.8. The number of anilines is 1. The number of aldehydes is 1. The molecule has 4 heterocycles. The average molecular weight is 464 g/mol. The Labute approximate surface area is 202 Å². The van der Waals surface area contributed by atoms with Gasteiger partial charge in [0.2, 0.25) is 0 Å². The highest BCUT2D eigenvalue weighted by Gasteiger charge is 2.26. The van der Waals surface area contributed by atoms with Crippen LogP contribution in [0.1, 0.15) is 77.6 Å². The quantitative estimate of drug-likeness (QED) is 0.386. The van der Waals surface area contributed by atoms with Crippen molar-refractivity contribution in [3.63, 3.8) is 0 Å². The smallest absolute Gasteiger partial charge is 0.171 e. The average Bonchev–Trinajstić information content (AvgIpc) is 3.01. The van der Waals surface area contributed by atoms with Gasteiger partial charge in [0.25, 0.3) is 0 Å². The van der Waals surface area contributed by atoms with Crippen LogP contribution in [0.4, 0.5) is 5.82 Å². The van der Waals surface area contributed by atoms with Crippen molar-refractivity contribution in [2.45, 2.75) is 67.2 Å². The van der Waals surface area contributed by atoms with Crippen LogP contribution in [0.3, 0.4) is 0 Å². The summed E-state index contributed by atoms with van der Waals surface area (Å²) in [5.74, 6) is 1.05. The van der Waals surface area contributed by atoms with Gasteiger partial charge in [-0.15, -0.1) is 0 Å². The first-order valence-electron chi connectivity index (χ1n) is 12.1. The lowest BCUT2D eigenvalue weighted by Gasteiger charge is -2.21. The maximum Gasteiger partial charge on any atom is 0.171 e. The summed E-state index contributed by atoms with van der Waals surface area (Å²) < 4.78 is 0. The summed E-state index contributed by atoms with van der Waals surface area (Å²) in [4.78, 5) is 41.9. The van der Waals surface area contributed by atoms with E-state index >= 15 is 0 Å². The number of H-pyrrole nitrogens is 1. The van der Waals surface area contributed by atoms with E-state index in [2.05, 4.69) is 25.9 Å². The van der Waals surface area contributed by atoms with E-state index in [-0.39, 0.29) is 11.2 Å². The third-order valence-electron chi connectivity index (χ3n) is 5.63. The first kappa shape index (κ1) is 25.5. The molecule has 0 aromatic carbocycles. The molecule has 3 aromatic rings. The van der Waals surface area contributed by atoms with E-state index in [1.54, 1.807) is 12.4 Å². The van der Waals surface area contributed by atoms with Gasteiger partial charge < -0.3 is 14.7 Å². The number of fused-ring (bicyclic) bond motifs is 1. The summed E-state index contributed by atoms with van der Waals surface area (Å²) in [7, 11) is 0. The number of rotatable bonds is 3. The van der Waals surface area contributed by atoms with Crippen LogP contribution >= 0.6 is 0 Å². The summed E-state index contributed by atoms with van der Waals surface area (Å²) >= 11 is 0. The van der Waals surface area contributed by atoms with Gasteiger partial charge in [-0.05, 0) is 25.0 Å². The molecule has 4 rings (SSSR count). The van der Waals surface area contributed by atoms with E-state index in [4.69, 9.17) is 4.98 Å². The Morgan fingerprint density at radius 2 is 1.68 bits per heavy atom. The molecule has 0 radical (unpaired) electrons. The lowest BCUT2D eigenvalue weighted by atomic mass is 9.87. The minimum atomic E-state index is -0.469. The zero-order chi connectivity index (χ0) is 24.9. The molecule has 0 bridgehead atoms. The molecule has 1 saturated heterocycles. The SMILES string of the molecule is CC(C)(C)C(=O)c1c[nH]c2ncc(-c3ccnc(N4CCCCCC4)c3)nc12.CC(C)(C)C=O. The molecule has 7 heteroatoms. The van der Waals surface area contributed by atoms with Crippen LogP contribution in [-0.4, -0.2) is 45.1 Å². The van der Waals surface area contributed by atoms with Crippen LogP contribution < -0.4 is 4.90 Å². The van der Waals surface area contributed by atoms with E-state index in [0.717, 1.165) is 36.5 Å². The van der Waals surface area contributed by atoms with Gasteiger partial charge in [-0.1, -0.05) is 54.4 Å². The first-order valence-corrected chi connectivity index (χ1v) is 12.1. The zero-order valence-corrected chi connectivity index (χ0v) is 21.3. The molecule has 1 N–H and O–H groups in total. The highest BCUT2D eigenvalue weighted by molar-refractivity contribution is 6.08. The topological polar surface area (TPSA) is 91.8 Å². The lowest BCUT2D eigenvalue weighted by Crippen LogP contribution is -2.24. The monoisotopic (exact) mass is 463 g/mol. The molecule has 34 heavy (non-hydrogen) atoms. The number of hydrogen-bond donors (Lipinski definition) is 1. The minimum absolute atomic E-state index is 0.0604. The molecule has 0 saturated carbocycles. The Balaban J connectivity index is 0.000000481. The molecule has 1 aliphatic heterocycles. The van der Waals surface area contributed by atoms with Gasteiger partial charge in [-0.25, -0.2) is 15.0 Å². The van der Waals surface area contributed by atoms with Crippen LogP contribution in [-0.2, 0) is 4.79 Å². The Kier molecular flexibility index (Phi) is 7.85. The number of hydrogen-bond acceptors (Lipinski definition) is 6. The highest BCUT2D eigenvalue weighted by Crippen LogP contribution is 2.28. The third-order valence-corrected chi connectivity index (χ3v) is 5.63. The molecule has 7 nitrogen and oxygen atoms in total. The van der Waals surface area contributed by atoms with Gasteiger partial charge in [-0.3, -0.25) is 4.79 Å². The number of Topliss-reactive ketones (excluding diaryl/α,β-unsaturated/α-hetero) is 1. The number of carbonyl (C=O) groups is 2. The van der Waals surface area contributed by atoms with Crippen molar-refractivity contribution >= 4 is 29.1 Å². The summed E-state index contributed by atoms with van der Waals surface area (Å²) in [5, 5.41) is 0. The molecular formula is C27H37N5O2. The van der Waals surface area contributed by atoms with Gasteiger partial charge >= 0.3 is 0 Å². The maximum atomic E-state index is 12.8. The van der Waals surface area contributed by atoms with Crippen molar-refractivity contribution in [3.8, 4) is 11.3 Å². The molecule has 0 spiro atoms. The van der Waals surface area contributed by atoms with Gasteiger partial charge in [0.15, 0.2) is 11.4 Å². The molecule has 0 atom stereocenters. The minimum Gasteiger partial charge on any atom is -0.357 e. The number of pyridine rings is 1. The van der Waals surface area contributed by atoms with Crippen molar-refractivity contribution < 1.29 is 9.59 Å². The maximum absolute atomic E-state index is 12.8. The zero-order valence-electron chi connectivity index (χ0n) is 21.3. The molecule has 0 aliphatic carbocycles. The predicted octanol–water partition coefficient (Wildman–Crippen LogP) is 5.86. The second kappa shape index (κ2) is 10.5. The second-order valence-corrected chi connectivity index (χ2v) is 11.0. The number of nitrogens with zero attached hydrogens (tertiary/aromatic N) is 4. The third kappa shape index (κ3) is 6.49. The number of ketones is 1. The van der Waals surface area contributed by atoms with E-state index < -0.39 is 5.41 Å². The summed E-state index contributed by atoms with van der Waals surface area (Å²) in [6, 6.07) is 4.04. The molecule has 0 amide bonds. The van der Waals surface area contributed by atoms with Gasteiger partial charge in [0, 0.05) is 41.9 Å². The molecule has 1 aliphatic rings. The van der Waals surface area contributed by atoms with Crippen molar-refractivity contribution in [2.75, 3.05) is 18.0 Å². The molecule has 3 aromatic heterocycles. The lowest BCUT2D eigenvalue weighted by molar-refractivity contribution is -0.113. The Morgan fingerprint density at radius 1 is 1.03 bits per heavy atom. The molecule has 1 fully saturated rings. The first-order chi connectivity index (χ1) is 16.0. The van der Waals surface area contributed by atoms with Crippen molar-refractivity contribution in [1.82, 2.24) is 19.9 Å². The van der Waals surface area contributed by atoms with E-state index in [1.807, 2.05) is 53.8 Å². The fraction of sp³-hybridized carbons (Fsp3) is 0.519. The number of carbonyl (C=O) groups excluding carboxylic acids is 2. The van der Waals surface area contributed by atoms with Crippen molar-refractivity contribution in [3.05, 3.63) is 36.3 Å². The molecule has 0 unspecified atom stereocenters. The second-order valence-electron chi connectivity index (χ2n) is 11.0. The van der Waals surface area contributed by atoms with Crippen LogP contribution in [0.2, 0.25) is 0 Å². The largest absolute Gasteiger partial charge is 0.357 e. The molecular weight excluding hydrogens is 426 g/mol. The fourth-order valence-corrected chi connectivity index (χ4v) is 3.66. The van der Waals surface area contributed by atoms with E-state index in [1.165, 1.54) is 25.7 Å². The Bertz CT molecular complexity index is 1130. The van der Waals surface area contributed by atoms with Gasteiger partial charge in [0.1, 0.15) is 17.6 Å². The standard InChI is InChI=1S/C22H27N5O.C5H10O/c1-22(2,3)20(28)16-13-24-21-19(16)26-17(14-25-21)15-8-9-23-18(12-15)27-10-6-4-5-7-11-27;1-5(2,3)4-6/h8-9,12-14H,4-7,10-11H2,1-3H3,(H,24,25);4H,1-3H3. The number of nitrogens with one attached hydrogen (secondary N) is 1. The van der Waals surface area contributed by atoms with E-state index in [0.29, 0.717) is 16.7 Å². The number of aromatic amines is 1. The highest BCUT2D eigenvalue weighted by atomic mass is 16.1. The van der Waals surface area contributed by atoms with Crippen LogP contribution in [0, 0.1) is 10.8 Å². The Morgan fingerprint density at radius 3 is 2.26 bits per heavy atom. The predicted molar refractivity (Wildman–Crippen MR) is 137 cm³/mol. The van der Waals surface area contributed by atoms with Crippen molar-refractivity contribution in [2.24, 2.45) is 10.8 Å². The van der Waals surface area contributed by atoms with Crippen LogP contribution in [0.5, 0.6) is 0 Å². The Hall–Kier alpha value is -3.09. The summed E-state index contributed by atoms with van der Waals surface area (Å²) in [6.45, 7) is 13.5. The van der Waals surface area contributed by atoms with Crippen molar-refractivity contribution in [1.29, 1.82) is 0 Å². The van der Waals surface area contributed by atoms with E-state index in [9.17, 15) is 9.59 Å². The number of aromatic nitrogens is 4. The summed E-state index contributed by atoms with van der Waals surface area (Å²) in [6.07, 6.45) is 11.2. The van der Waals surface area contributed by atoms with Gasteiger partial charge in [-0.2, -0.15) is 0 Å². The fourth-order valence-electron chi connectivity index (χ4n) is 3.66. The summed E-state index contributed by atoms with van der Waals surface area (Å²) in [5.41, 5.74) is 2.98. The van der Waals surface area contributed by atoms with Gasteiger partial charge in [0.05, 0.1) is 17.5 Å². The van der Waals surface area contributed by atoms with Crippen LogP contribution in [0.25, 0.3) is 22.4 Å².